The minimum absolute atomic E-state index is 0.624. The largest absolute Gasteiger partial charge is 0.387 e. The Hall–Kier alpha value is -1.20. The molecule has 0 bridgehead atoms. The fourth-order valence-electron chi connectivity index (χ4n) is 2.22. The Morgan fingerprint density at radius 3 is 2.94 bits per heavy atom. The molecule has 1 N–H and O–H groups in total. The maximum atomic E-state index is 10.4. The van der Waals surface area contributed by atoms with Crippen molar-refractivity contribution >= 4 is 5.82 Å². The zero-order valence-corrected chi connectivity index (χ0v) is 9.80. The lowest BCUT2D eigenvalue weighted by molar-refractivity contribution is 0.0365. The monoisotopic (exact) mass is 222 g/mol. The van der Waals surface area contributed by atoms with Crippen LogP contribution in [0.15, 0.2) is 18.6 Å². The molecule has 0 amide bonds. The fraction of sp³-hybridized carbons (Fsp3) is 0.636. The number of aromatic nitrogens is 2. The molecule has 1 saturated heterocycles. The van der Waals surface area contributed by atoms with E-state index >= 15 is 0 Å². The topological polar surface area (TPSA) is 52.5 Å². The predicted molar refractivity (Wildman–Crippen MR) is 62.4 cm³/mol. The third kappa shape index (κ3) is 2.48. The van der Waals surface area contributed by atoms with Crippen molar-refractivity contribution in [2.45, 2.75) is 12.0 Å². The van der Waals surface area contributed by atoms with Gasteiger partial charge in [0.15, 0.2) is 0 Å². The number of hydrogen-bond donors (Lipinski definition) is 1. The second-order valence-corrected chi connectivity index (χ2v) is 4.70. The lowest BCUT2D eigenvalue weighted by Crippen LogP contribution is -2.42. The van der Waals surface area contributed by atoms with Gasteiger partial charge in [0.25, 0.3) is 0 Å². The summed E-state index contributed by atoms with van der Waals surface area (Å²) in [6, 6.07) is 0. The molecule has 1 fully saturated rings. The predicted octanol–water partition coefficient (Wildman–Crippen LogP) is -0.0206. The van der Waals surface area contributed by atoms with Crippen molar-refractivity contribution in [1.29, 1.82) is 0 Å². The van der Waals surface area contributed by atoms with E-state index in [9.17, 15) is 5.11 Å². The molecule has 1 aromatic rings. The van der Waals surface area contributed by atoms with Crippen molar-refractivity contribution < 1.29 is 5.11 Å². The van der Waals surface area contributed by atoms with Gasteiger partial charge in [-0.3, -0.25) is 4.98 Å². The van der Waals surface area contributed by atoms with Crippen LogP contribution in [-0.2, 0) is 0 Å². The smallest absolute Gasteiger partial charge is 0.147 e. The zero-order chi connectivity index (χ0) is 11.6. The summed E-state index contributed by atoms with van der Waals surface area (Å²) in [6.45, 7) is 2.15. The Labute approximate surface area is 95.7 Å². The molecule has 88 valence electrons. The highest BCUT2D eigenvalue weighted by Crippen LogP contribution is 2.25. The van der Waals surface area contributed by atoms with Crippen LogP contribution in [0.3, 0.4) is 0 Å². The van der Waals surface area contributed by atoms with Crippen LogP contribution in [0.2, 0.25) is 0 Å². The van der Waals surface area contributed by atoms with E-state index in [4.69, 9.17) is 0 Å². The molecule has 2 heterocycles. The Balaban J connectivity index is 2.03. The van der Waals surface area contributed by atoms with Crippen molar-refractivity contribution in [3.05, 3.63) is 18.6 Å². The second-order valence-electron chi connectivity index (χ2n) is 4.70. The van der Waals surface area contributed by atoms with Gasteiger partial charge in [0.2, 0.25) is 0 Å². The van der Waals surface area contributed by atoms with Crippen LogP contribution in [-0.4, -0.2) is 59.3 Å². The molecule has 0 saturated carbocycles. The summed E-state index contributed by atoms with van der Waals surface area (Å²) in [6.07, 6.45) is 5.85. The van der Waals surface area contributed by atoms with Gasteiger partial charge in [-0.2, -0.15) is 0 Å². The normalized spacial score (nSPS) is 25.4. The van der Waals surface area contributed by atoms with E-state index in [1.165, 1.54) is 0 Å². The van der Waals surface area contributed by atoms with Crippen molar-refractivity contribution in [2.75, 3.05) is 38.6 Å². The lowest BCUT2D eigenvalue weighted by Gasteiger charge is -2.26. The summed E-state index contributed by atoms with van der Waals surface area (Å²) in [7, 11) is 3.95. The molecule has 1 aromatic heterocycles. The van der Waals surface area contributed by atoms with E-state index in [-0.39, 0.29) is 0 Å². The van der Waals surface area contributed by atoms with Gasteiger partial charge in [0, 0.05) is 32.0 Å². The molecular weight excluding hydrogens is 204 g/mol. The maximum Gasteiger partial charge on any atom is 0.147 e. The van der Waals surface area contributed by atoms with Crippen LogP contribution in [0, 0.1) is 0 Å². The first-order chi connectivity index (χ1) is 7.59. The molecule has 5 nitrogen and oxygen atoms in total. The number of anilines is 1. The van der Waals surface area contributed by atoms with Crippen LogP contribution >= 0.6 is 0 Å². The minimum atomic E-state index is -0.624. The van der Waals surface area contributed by atoms with Gasteiger partial charge in [0.05, 0.1) is 11.8 Å². The summed E-state index contributed by atoms with van der Waals surface area (Å²) in [4.78, 5) is 12.4. The van der Waals surface area contributed by atoms with E-state index in [0.717, 1.165) is 18.8 Å². The van der Waals surface area contributed by atoms with Crippen LogP contribution in [0.5, 0.6) is 0 Å². The first-order valence-corrected chi connectivity index (χ1v) is 5.47. The van der Waals surface area contributed by atoms with Gasteiger partial charge in [-0.25, -0.2) is 4.98 Å². The van der Waals surface area contributed by atoms with Crippen molar-refractivity contribution in [1.82, 2.24) is 14.9 Å². The summed E-state index contributed by atoms with van der Waals surface area (Å²) >= 11 is 0. The number of likely N-dealkylation sites (N-methyl/N-ethyl adjacent to an activating group) is 1. The van der Waals surface area contributed by atoms with Gasteiger partial charge in [0.1, 0.15) is 5.82 Å². The quantitative estimate of drug-likeness (QED) is 0.779. The molecule has 0 aromatic carbocycles. The highest BCUT2D eigenvalue weighted by Gasteiger charge is 2.36. The summed E-state index contributed by atoms with van der Waals surface area (Å²) in [5.74, 6) is 0.845. The Bertz CT molecular complexity index is 343. The van der Waals surface area contributed by atoms with Gasteiger partial charge in [-0.05, 0) is 20.5 Å². The molecule has 0 spiro atoms. The third-order valence-corrected chi connectivity index (χ3v) is 2.82. The second kappa shape index (κ2) is 4.35. The average molecular weight is 222 g/mol. The SMILES string of the molecule is CN(C)CC1(O)CCN(c2cnccn2)C1. The zero-order valence-electron chi connectivity index (χ0n) is 9.80. The van der Waals surface area contributed by atoms with Gasteiger partial charge >= 0.3 is 0 Å². The maximum absolute atomic E-state index is 10.4. The van der Waals surface area contributed by atoms with Gasteiger partial charge in [-0.15, -0.1) is 0 Å². The Kier molecular flexibility index (Phi) is 3.07. The van der Waals surface area contributed by atoms with E-state index in [1.54, 1.807) is 18.6 Å². The molecule has 16 heavy (non-hydrogen) atoms. The summed E-state index contributed by atoms with van der Waals surface area (Å²) in [5, 5.41) is 10.4. The number of rotatable bonds is 3. The van der Waals surface area contributed by atoms with Crippen molar-refractivity contribution in [3.8, 4) is 0 Å². The standard InChI is InChI=1S/C11H18N4O/c1-14(2)8-11(16)3-6-15(9-11)10-7-12-4-5-13-10/h4-5,7,16H,3,6,8-9H2,1-2H3. The molecule has 2 rings (SSSR count). The number of aliphatic hydroxyl groups is 1. The third-order valence-electron chi connectivity index (χ3n) is 2.82. The minimum Gasteiger partial charge on any atom is -0.387 e. The van der Waals surface area contributed by atoms with E-state index in [2.05, 4.69) is 14.9 Å². The van der Waals surface area contributed by atoms with Crippen LogP contribution in [0.25, 0.3) is 0 Å². The van der Waals surface area contributed by atoms with Gasteiger partial charge in [-0.1, -0.05) is 0 Å². The molecule has 1 unspecified atom stereocenters. The highest BCUT2D eigenvalue weighted by atomic mass is 16.3. The molecular formula is C11H18N4O. The van der Waals surface area contributed by atoms with Crippen molar-refractivity contribution in [2.24, 2.45) is 0 Å². The number of β-amino-alcohol motifs (C(OH)–C–C–N with tert-alkyl or cyclic N) is 1. The van der Waals surface area contributed by atoms with Crippen LogP contribution in [0.1, 0.15) is 6.42 Å². The number of nitrogens with zero attached hydrogens (tertiary/aromatic N) is 4. The van der Waals surface area contributed by atoms with Gasteiger partial charge < -0.3 is 14.9 Å². The molecule has 5 heteroatoms. The summed E-state index contributed by atoms with van der Waals surface area (Å²) in [5.41, 5.74) is -0.624. The summed E-state index contributed by atoms with van der Waals surface area (Å²) < 4.78 is 0. The first-order valence-electron chi connectivity index (χ1n) is 5.47. The molecule has 1 aliphatic heterocycles. The van der Waals surface area contributed by atoms with E-state index < -0.39 is 5.60 Å². The van der Waals surface area contributed by atoms with Crippen molar-refractivity contribution in [3.63, 3.8) is 0 Å². The van der Waals surface area contributed by atoms with Crippen LogP contribution < -0.4 is 4.90 Å². The fourth-order valence-corrected chi connectivity index (χ4v) is 2.22. The number of hydrogen-bond acceptors (Lipinski definition) is 5. The highest BCUT2D eigenvalue weighted by molar-refractivity contribution is 5.37. The average Bonchev–Trinajstić information content (AvgIpc) is 2.61. The molecule has 0 radical (unpaired) electrons. The Morgan fingerprint density at radius 2 is 2.31 bits per heavy atom. The molecule has 1 aliphatic rings. The Morgan fingerprint density at radius 1 is 1.50 bits per heavy atom. The molecule has 0 aliphatic carbocycles. The first kappa shape index (κ1) is 11.3. The molecule has 1 atom stereocenters. The van der Waals surface area contributed by atoms with Crippen LogP contribution in [0.4, 0.5) is 5.82 Å². The van der Waals surface area contributed by atoms with E-state index in [0.29, 0.717) is 13.1 Å². The van der Waals surface area contributed by atoms with E-state index in [1.807, 2.05) is 19.0 Å². The lowest BCUT2D eigenvalue weighted by atomic mass is 10.0.